The van der Waals surface area contributed by atoms with Crippen LogP contribution in [0.4, 0.5) is 11.4 Å². The number of halogens is 2. The summed E-state index contributed by atoms with van der Waals surface area (Å²) in [5.74, 6) is -0.0935. The molecule has 0 saturated carbocycles. The summed E-state index contributed by atoms with van der Waals surface area (Å²) in [6.07, 6.45) is 1.50. The van der Waals surface area contributed by atoms with E-state index >= 15 is 0 Å². The highest BCUT2D eigenvalue weighted by atomic mass is 35.5. The number of amides is 2. The predicted molar refractivity (Wildman–Crippen MR) is 105 cm³/mol. The smallest absolute Gasteiger partial charge is 0.237 e. The summed E-state index contributed by atoms with van der Waals surface area (Å²) in [7, 11) is 0. The maximum absolute atomic E-state index is 12.3. The molecule has 0 radical (unpaired) electrons. The fourth-order valence-corrected chi connectivity index (χ4v) is 3.98. The fourth-order valence-electron chi connectivity index (χ4n) is 2.60. The zero-order valence-electron chi connectivity index (χ0n) is 13.2. The van der Waals surface area contributed by atoms with Crippen LogP contribution in [0, 0.1) is 0 Å². The molecule has 0 fully saturated rings. The molecule has 7 heteroatoms. The number of thioether (sulfide) groups is 1. The van der Waals surface area contributed by atoms with Crippen molar-refractivity contribution in [2.24, 2.45) is 0 Å². The Morgan fingerprint density at radius 1 is 1.24 bits per heavy atom. The third kappa shape index (κ3) is 4.69. The van der Waals surface area contributed by atoms with E-state index in [9.17, 15) is 9.59 Å². The topological polar surface area (TPSA) is 58.2 Å². The van der Waals surface area contributed by atoms with E-state index in [1.165, 1.54) is 11.8 Å². The number of nitrogens with one attached hydrogen (secondary N) is 2. The SMILES string of the molecule is O=C(CS[C@@H]1CCc2ccccc2NC1=O)Nc1ccc(Cl)cc1Cl. The fraction of sp³-hybridized carbons (Fsp3) is 0.222. The third-order valence-electron chi connectivity index (χ3n) is 3.86. The molecule has 0 unspecified atom stereocenters. The van der Waals surface area contributed by atoms with Crippen LogP contribution in [0.15, 0.2) is 42.5 Å². The molecular weight excluding hydrogens is 379 g/mol. The minimum atomic E-state index is -0.265. The second kappa shape index (κ2) is 8.13. The van der Waals surface area contributed by atoms with Crippen molar-refractivity contribution in [1.82, 2.24) is 0 Å². The Morgan fingerprint density at radius 3 is 2.84 bits per heavy atom. The quantitative estimate of drug-likeness (QED) is 0.795. The third-order valence-corrected chi connectivity index (χ3v) is 5.69. The average molecular weight is 395 g/mol. The first-order valence-corrected chi connectivity index (χ1v) is 9.58. The summed E-state index contributed by atoms with van der Waals surface area (Å²) >= 11 is 13.2. The normalized spacial score (nSPS) is 16.6. The highest BCUT2D eigenvalue weighted by molar-refractivity contribution is 8.01. The molecule has 3 rings (SSSR count). The molecule has 1 aliphatic rings. The first kappa shape index (κ1) is 18.1. The number of benzene rings is 2. The molecule has 2 amide bonds. The number of hydrogen-bond acceptors (Lipinski definition) is 3. The molecule has 2 N–H and O–H groups in total. The summed E-state index contributed by atoms with van der Waals surface area (Å²) in [5, 5.41) is 6.30. The second-order valence-electron chi connectivity index (χ2n) is 5.66. The van der Waals surface area contributed by atoms with Gasteiger partial charge in [0.05, 0.1) is 21.7 Å². The highest BCUT2D eigenvalue weighted by Gasteiger charge is 2.24. The maximum Gasteiger partial charge on any atom is 0.237 e. The van der Waals surface area contributed by atoms with Crippen molar-refractivity contribution in [3.63, 3.8) is 0 Å². The van der Waals surface area contributed by atoms with Gasteiger partial charge in [0, 0.05) is 10.7 Å². The Morgan fingerprint density at radius 2 is 2.04 bits per heavy atom. The van der Waals surface area contributed by atoms with Gasteiger partial charge in [-0.25, -0.2) is 0 Å². The molecule has 0 aromatic heterocycles. The van der Waals surface area contributed by atoms with Gasteiger partial charge in [0.2, 0.25) is 11.8 Å². The van der Waals surface area contributed by atoms with Crippen molar-refractivity contribution in [3.8, 4) is 0 Å². The van der Waals surface area contributed by atoms with Crippen LogP contribution in [-0.2, 0) is 16.0 Å². The Balaban J connectivity index is 1.56. The summed E-state index contributed by atoms with van der Waals surface area (Å²) < 4.78 is 0. The van der Waals surface area contributed by atoms with Crippen LogP contribution in [-0.4, -0.2) is 22.8 Å². The molecule has 1 heterocycles. The van der Waals surface area contributed by atoms with E-state index in [4.69, 9.17) is 23.2 Å². The summed E-state index contributed by atoms with van der Waals surface area (Å²) in [6.45, 7) is 0. The van der Waals surface area contributed by atoms with Crippen molar-refractivity contribution >= 4 is 58.2 Å². The van der Waals surface area contributed by atoms with Crippen LogP contribution >= 0.6 is 35.0 Å². The van der Waals surface area contributed by atoms with Gasteiger partial charge in [-0.2, -0.15) is 0 Å². The zero-order valence-corrected chi connectivity index (χ0v) is 15.5. The van der Waals surface area contributed by atoms with Crippen molar-refractivity contribution in [3.05, 3.63) is 58.1 Å². The number of anilines is 2. The summed E-state index contributed by atoms with van der Waals surface area (Å²) in [6, 6.07) is 12.7. The van der Waals surface area contributed by atoms with E-state index in [0.717, 1.165) is 17.7 Å². The van der Waals surface area contributed by atoms with Crippen LogP contribution in [0.5, 0.6) is 0 Å². The van der Waals surface area contributed by atoms with Crippen molar-refractivity contribution in [1.29, 1.82) is 0 Å². The van der Waals surface area contributed by atoms with E-state index < -0.39 is 0 Å². The van der Waals surface area contributed by atoms with Crippen LogP contribution in [0.25, 0.3) is 0 Å². The van der Waals surface area contributed by atoms with Crippen LogP contribution in [0.1, 0.15) is 12.0 Å². The second-order valence-corrected chi connectivity index (χ2v) is 7.69. The van der Waals surface area contributed by atoms with Gasteiger partial charge in [-0.05, 0) is 42.7 Å². The van der Waals surface area contributed by atoms with Gasteiger partial charge in [0.15, 0.2) is 0 Å². The van der Waals surface area contributed by atoms with Gasteiger partial charge in [-0.1, -0.05) is 41.4 Å². The van der Waals surface area contributed by atoms with E-state index in [1.807, 2.05) is 24.3 Å². The predicted octanol–water partition coefficient (Wildman–Crippen LogP) is 4.62. The summed E-state index contributed by atoms with van der Waals surface area (Å²) in [5.41, 5.74) is 2.48. The number of rotatable bonds is 4. The Hall–Kier alpha value is -1.69. The van der Waals surface area contributed by atoms with Gasteiger partial charge in [0.25, 0.3) is 0 Å². The average Bonchev–Trinajstić information content (AvgIpc) is 2.74. The molecule has 0 saturated heterocycles. The Labute approximate surface area is 160 Å². The van der Waals surface area contributed by atoms with Crippen LogP contribution in [0.2, 0.25) is 10.0 Å². The standard InChI is InChI=1S/C18H16Cl2N2O2S/c19-12-6-7-15(13(20)9-12)21-17(23)10-25-16-8-5-11-3-1-2-4-14(11)22-18(16)24/h1-4,6-7,9,16H,5,8,10H2,(H,21,23)(H,22,24)/t16-/m1/s1. The molecule has 2 aromatic rings. The number of carbonyl (C=O) groups excluding carboxylic acids is 2. The lowest BCUT2D eigenvalue weighted by molar-refractivity contribution is -0.115. The molecule has 130 valence electrons. The summed E-state index contributed by atoms with van der Waals surface area (Å²) in [4.78, 5) is 24.5. The molecule has 2 aromatic carbocycles. The monoisotopic (exact) mass is 394 g/mol. The van der Waals surface area contributed by atoms with Gasteiger partial charge in [0.1, 0.15) is 0 Å². The number of aryl methyl sites for hydroxylation is 1. The number of fused-ring (bicyclic) bond motifs is 1. The van der Waals surface area contributed by atoms with Gasteiger partial charge in [-0.15, -0.1) is 11.8 Å². The molecular formula is C18H16Cl2N2O2S. The first-order chi connectivity index (χ1) is 12.0. The minimum Gasteiger partial charge on any atom is -0.325 e. The van der Waals surface area contributed by atoms with E-state index in [2.05, 4.69) is 10.6 Å². The molecule has 4 nitrogen and oxygen atoms in total. The van der Waals surface area contributed by atoms with Gasteiger partial charge >= 0.3 is 0 Å². The van der Waals surface area contributed by atoms with Crippen molar-refractivity contribution in [2.45, 2.75) is 18.1 Å². The molecule has 0 spiro atoms. The molecule has 1 aliphatic heterocycles. The lowest BCUT2D eigenvalue weighted by atomic mass is 10.1. The molecule has 0 bridgehead atoms. The van der Waals surface area contributed by atoms with E-state index in [1.54, 1.807) is 18.2 Å². The van der Waals surface area contributed by atoms with E-state index in [0.29, 0.717) is 22.2 Å². The Kier molecular flexibility index (Phi) is 5.89. The van der Waals surface area contributed by atoms with Gasteiger partial charge < -0.3 is 10.6 Å². The Bertz CT molecular complexity index is 813. The lowest BCUT2D eigenvalue weighted by Crippen LogP contribution is -2.26. The maximum atomic E-state index is 12.3. The molecule has 25 heavy (non-hydrogen) atoms. The largest absolute Gasteiger partial charge is 0.325 e. The highest BCUT2D eigenvalue weighted by Crippen LogP contribution is 2.28. The number of carbonyl (C=O) groups is 2. The minimum absolute atomic E-state index is 0.0627. The number of hydrogen-bond donors (Lipinski definition) is 2. The number of para-hydroxylation sites is 1. The van der Waals surface area contributed by atoms with E-state index in [-0.39, 0.29) is 22.8 Å². The van der Waals surface area contributed by atoms with Crippen LogP contribution in [0.3, 0.4) is 0 Å². The van der Waals surface area contributed by atoms with Gasteiger partial charge in [-0.3, -0.25) is 9.59 Å². The first-order valence-electron chi connectivity index (χ1n) is 7.78. The van der Waals surface area contributed by atoms with Crippen molar-refractivity contribution in [2.75, 3.05) is 16.4 Å². The molecule has 1 atom stereocenters. The zero-order chi connectivity index (χ0) is 17.8. The van der Waals surface area contributed by atoms with Crippen LogP contribution < -0.4 is 10.6 Å². The lowest BCUT2D eigenvalue weighted by Gasteiger charge is -2.13. The molecule has 0 aliphatic carbocycles. The van der Waals surface area contributed by atoms with Crippen molar-refractivity contribution < 1.29 is 9.59 Å².